The number of anilines is 2. The monoisotopic (exact) mass is 547 g/mol. The van der Waals surface area contributed by atoms with Crippen molar-refractivity contribution in [3.63, 3.8) is 0 Å². The van der Waals surface area contributed by atoms with Crippen LogP contribution >= 0.6 is 10.8 Å². The van der Waals surface area contributed by atoms with Crippen LogP contribution in [0.15, 0.2) is 57.3 Å². The van der Waals surface area contributed by atoms with E-state index in [9.17, 15) is 27.4 Å². The number of carbonyl (C=O) groups excluding carboxylic acids is 1. The number of fused-ring (bicyclic) bond motifs is 2. The van der Waals surface area contributed by atoms with Crippen molar-refractivity contribution < 1.29 is 27.4 Å². The Balaban J connectivity index is 1.79. The largest absolute Gasteiger partial charge is 0.506 e. The molecule has 2 aromatic rings. The number of ketones is 1. The van der Waals surface area contributed by atoms with Crippen molar-refractivity contribution in [1.82, 2.24) is 0 Å². The zero-order valence-electron chi connectivity index (χ0n) is 21.4. The SMILES string of the molecule is CC(C)CCC1(C)C(=O)C(C2=NS(O)(O)c3cc(NS(=O)(=O)C(C)C)ccc3N2)=C(O)c2ccccc21. The maximum atomic E-state index is 14.0. The summed E-state index contributed by atoms with van der Waals surface area (Å²) in [5.41, 5.74) is 0.544. The van der Waals surface area contributed by atoms with E-state index in [0.717, 1.165) is 6.42 Å². The second-order valence-corrected chi connectivity index (χ2v) is 14.3. The Morgan fingerprint density at radius 3 is 2.43 bits per heavy atom. The Labute approximate surface area is 219 Å². The minimum Gasteiger partial charge on any atom is -0.506 e. The van der Waals surface area contributed by atoms with Gasteiger partial charge in [0, 0.05) is 5.56 Å². The maximum absolute atomic E-state index is 14.0. The molecular weight excluding hydrogens is 514 g/mol. The summed E-state index contributed by atoms with van der Waals surface area (Å²) in [6, 6.07) is 11.4. The fourth-order valence-electron chi connectivity index (χ4n) is 4.49. The van der Waals surface area contributed by atoms with Crippen molar-refractivity contribution in [2.45, 2.75) is 63.0 Å². The molecule has 2 aliphatic rings. The molecule has 1 heterocycles. The highest BCUT2D eigenvalue weighted by Crippen LogP contribution is 2.57. The fourth-order valence-corrected chi connectivity index (χ4v) is 6.37. The van der Waals surface area contributed by atoms with Crippen molar-refractivity contribution >= 4 is 49.6 Å². The van der Waals surface area contributed by atoms with Crippen molar-refractivity contribution in [1.29, 1.82) is 0 Å². The summed E-state index contributed by atoms with van der Waals surface area (Å²) in [4.78, 5) is 13.9. The second-order valence-electron chi connectivity index (χ2n) is 10.4. The number of Topliss-reactive ketones (excluding diaryl/α,β-unsaturated/α-hetero) is 1. The lowest BCUT2D eigenvalue weighted by molar-refractivity contribution is -0.120. The molecule has 200 valence electrons. The minimum absolute atomic E-state index is 0.0217. The van der Waals surface area contributed by atoms with E-state index in [2.05, 4.69) is 28.3 Å². The van der Waals surface area contributed by atoms with Gasteiger partial charge in [-0.2, -0.15) is 0 Å². The summed E-state index contributed by atoms with van der Waals surface area (Å²) in [6.45, 7) is 9.05. The number of aliphatic hydroxyl groups is 1. The number of hydrogen-bond donors (Lipinski definition) is 5. The van der Waals surface area contributed by atoms with Crippen LogP contribution in [-0.4, -0.2) is 39.5 Å². The summed E-state index contributed by atoms with van der Waals surface area (Å²) in [6.07, 6.45) is 1.31. The molecule has 11 heteroatoms. The molecule has 0 saturated carbocycles. The second kappa shape index (κ2) is 9.46. The molecule has 1 aliphatic carbocycles. The Kier molecular flexibility index (Phi) is 6.95. The lowest BCUT2D eigenvalue weighted by Gasteiger charge is -2.39. The number of hydrogen-bond acceptors (Lipinski definition) is 8. The van der Waals surface area contributed by atoms with Gasteiger partial charge in [-0.3, -0.25) is 18.6 Å². The van der Waals surface area contributed by atoms with Crippen molar-refractivity contribution in [3.05, 3.63) is 59.2 Å². The van der Waals surface area contributed by atoms with E-state index in [0.29, 0.717) is 23.5 Å². The van der Waals surface area contributed by atoms with E-state index in [1.807, 2.05) is 19.1 Å². The number of amidine groups is 1. The smallest absolute Gasteiger partial charge is 0.235 e. The number of rotatable bonds is 7. The highest BCUT2D eigenvalue weighted by Gasteiger charge is 2.46. The van der Waals surface area contributed by atoms with Gasteiger partial charge in [0.2, 0.25) is 10.0 Å². The van der Waals surface area contributed by atoms with Crippen LogP contribution in [0.1, 0.15) is 58.6 Å². The molecule has 0 spiro atoms. The summed E-state index contributed by atoms with van der Waals surface area (Å²) < 4.78 is 52.9. The van der Waals surface area contributed by atoms with Gasteiger partial charge in [-0.1, -0.05) is 48.9 Å². The van der Waals surface area contributed by atoms with Gasteiger partial charge in [0.1, 0.15) is 16.2 Å². The third-order valence-corrected chi connectivity index (χ3v) is 9.96. The Morgan fingerprint density at radius 2 is 1.78 bits per heavy atom. The van der Waals surface area contributed by atoms with E-state index in [-0.39, 0.29) is 39.2 Å². The van der Waals surface area contributed by atoms with Gasteiger partial charge < -0.3 is 10.4 Å². The molecule has 1 aliphatic heterocycles. The summed E-state index contributed by atoms with van der Waals surface area (Å²) >= 11 is 0. The molecule has 1 atom stereocenters. The predicted molar refractivity (Wildman–Crippen MR) is 149 cm³/mol. The Hall–Kier alpha value is -2.86. The van der Waals surface area contributed by atoms with E-state index in [1.54, 1.807) is 12.1 Å². The molecule has 0 radical (unpaired) electrons. The van der Waals surface area contributed by atoms with Crippen LogP contribution in [0.2, 0.25) is 0 Å². The summed E-state index contributed by atoms with van der Waals surface area (Å²) in [5.74, 6) is -0.439. The van der Waals surface area contributed by atoms with E-state index < -0.39 is 31.5 Å². The van der Waals surface area contributed by atoms with Crippen LogP contribution in [-0.2, 0) is 20.2 Å². The zero-order valence-corrected chi connectivity index (χ0v) is 23.1. The van der Waals surface area contributed by atoms with Gasteiger partial charge >= 0.3 is 0 Å². The topological polar surface area (TPSA) is 148 Å². The van der Waals surface area contributed by atoms with Crippen LogP contribution in [0.4, 0.5) is 11.4 Å². The summed E-state index contributed by atoms with van der Waals surface area (Å²) in [5, 5.41) is 13.5. The van der Waals surface area contributed by atoms with Crippen LogP contribution in [0.3, 0.4) is 0 Å². The van der Waals surface area contributed by atoms with Crippen LogP contribution < -0.4 is 10.0 Å². The molecule has 0 amide bonds. The fraction of sp³-hybridized carbons (Fsp3) is 0.385. The van der Waals surface area contributed by atoms with E-state index in [1.165, 1.54) is 32.0 Å². The molecule has 0 fully saturated rings. The molecule has 5 N–H and O–H groups in total. The van der Waals surface area contributed by atoms with Crippen molar-refractivity contribution in [2.75, 3.05) is 10.0 Å². The highest BCUT2D eigenvalue weighted by atomic mass is 32.3. The number of benzene rings is 2. The third kappa shape index (κ3) is 4.88. The average Bonchev–Trinajstić information content (AvgIpc) is 2.81. The number of sulfonamides is 1. The Bertz CT molecular complexity index is 1430. The average molecular weight is 548 g/mol. The third-order valence-electron chi connectivity index (χ3n) is 6.83. The molecule has 37 heavy (non-hydrogen) atoms. The van der Waals surface area contributed by atoms with Gasteiger partial charge in [0.15, 0.2) is 11.6 Å². The van der Waals surface area contributed by atoms with Gasteiger partial charge in [0.05, 0.1) is 22.0 Å². The van der Waals surface area contributed by atoms with E-state index >= 15 is 0 Å². The van der Waals surface area contributed by atoms with Crippen LogP contribution in [0, 0.1) is 5.92 Å². The lowest BCUT2D eigenvalue weighted by Crippen LogP contribution is -2.42. The standard InChI is InChI=1S/C26H33N3O6S2/c1-15(2)12-13-26(5)19-9-7-6-8-18(19)23(30)22(24(26)31)25-27-20-11-10-17(28-36(32,33)16(3)4)14-21(20)37(34,35)29-25/h6-11,14-16,28,30,34-35H,12-13H2,1-5H3,(H,27,29). The van der Waals surface area contributed by atoms with Crippen molar-refractivity contribution in [2.24, 2.45) is 10.3 Å². The first-order valence-corrected chi connectivity index (χ1v) is 15.1. The molecule has 1 unspecified atom stereocenters. The zero-order chi connectivity index (χ0) is 27.3. The first-order chi connectivity index (χ1) is 17.2. The highest BCUT2D eigenvalue weighted by molar-refractivity contribution is 8.23. The maximum Gasteiger partial charge on any atom is 0.235 e. The summed E-state index contributed by atoms with van der Waals surface area (Å²) in [7, 11) is -7.49. The van der Waals surface area contributed by atoms with Crippen LogP contribution in [0.25, 0.3) is 5.76 Å². The quantitative estimate of drug-likeness (QED) is 0.288. The molecule has 0 aromatic heterocycles. The van der Waals surface area contributed by atoms with Gasteiger partial charge in [0.25, 0.3) is 0 Å². The van der Waals surface area contributed by atoms with Gasteiger partial charge in [-0.05, 0) is 63.3 Å². The molecular formula is C26H33N3O6S2. The predicted octanol–water partition coefficient (Wildman–Crippen LogP) is 5.93. The number of nitrogens with one attached hydrogen (secondary N) is 2. The lowest BCUT2D eigenvalue weighted by atomic mass is 9.66. The Morgan fingerprint density at radius 1 is 1.11 bits per heavy atom. The van der Waals surface area contributed by atoms with E-state index in [4.69, 9.17) is 0 Å². The number of aliphatic hydroxyl groups excluding tert-OH is 1. The molecule has 4 rings (SSSR count). The number of nitrogens with zero attached hydrogens (tertiary/aromatic N) is 1. The minimum atomic E-state index is -3.83. The molecule has 2 aromatic carbocycles. The van der Waals surface area contributed by atoms with Crippen molar-refractivity contribution in [3.8, 4) is 0 Å². The molecule has 0 bridgehead atoms. The first kappa shape index (κ1) is 27.2. The van der Waals surface area contributed by atoms with Crippen LogP contribution in [0.5, 0.6) is 0 Å². The normalized spacial score (nSPS) is 21.8. The first-order valence-electron chi connectivity index (χ1n) is 12.1. The molecule has 9 nitrogen and oxygen atoms in total. The van der Waals surface area contributed by atoms with Gasteiger partial charge in [-0.25, -0.2) is 8.42 Å². The molecule has 0 saturated heterocycles. The number of carbonyl (C=O) groups is 1. The van der Waals surface area contributed by atoms with Gasteiger partial charge in [-0.15, -0.1) is 4.40 Å².